The molecule has 0 aliphatic carbocycles. The van der Waals surface area contributed by atoms with Gasteiger partial charge in [0, 0.05) is 17.9 Å². The predicted molar refractivity (Wildman–Crippen MR) is 63.6 cm³/mol. The van der Waals surface area contributed by atoms with Crippen molar-refractivity contribution in [1.29, 1.82) is 5.26 Å². The Morgan fingerprint density at radius 2 is 2.00 bits per heavy atom. The van der Waals surface area contributed by atoms with Gasteiger partial charge in [-0.2, -0.15) is 5.26 Å². The van der Waals surface area contributed by atoms with Crippen molar-refractivity contribution in [2.24, 2.45) is 0 Å². The lowest BCUT2D eigenvalue weighted by Gasteiger charge is -2.26. The summed E-state index contributed by atoms with van der Waals surface area (Å²) < 4.78 is 0. The number of hydrogen-bond donors (Lipinski definition) is 1. The van der Waals surface area contributed by atoms with E-state index >= 15 is 0 Å². The molecule has 2 N–H and O–H groups in total. The molecule has 1 aromatic carbocycles. The summed E-state index contributed by atoms with van der Waals surface area (Å²) in [6.07, 6.45) is 1.02. The van der Waals surface area contributed by atoms with Gasteiger partial charge in [-0.1, -0.05) is 6.92 Å². The molecule has 0 aliphatic rings. The summed E-state index contributed by atoms with van der Waals surface area (Å²) >= 11 is 0. The quantitative estimate of drug-likeness (QED) is 0.764. The average Bonchev–Trinajstić information content (AvgIpc) is 2.26. The van der Waals surface area contributed by atoms with Crippen LogP contribution < -0.4 is 10.6 Å². The van der Waals surface area contributed by atoms with Crippen molar-refractivity contribution in [3.05, 3.63) is 24.3 Å². The Bertz CT molecular complexity index is 337. The molecule has 0 spiro atoms. The third-order valence-electron chi connectivity index (χ3n) is 2.34. The number of hydrogen-bond acceptors (Lipinski definition) is 3. The normalized spacial score (nSPS) is 11.8. The number of nitriles is 1. The third-order valence-corrected chi connectivity index (χ3v) is 2.34. The van der Waals surface area contributed by atoms with Crippen molar-refractivity contribution in [2.45, 2.75) is 26.3 Å². The molecule has 0 aromatic heterocycles. The first-order chi connectivity index (χ1) is 7.19. The molecule has 1 atom stereocenters. The van der Waals surface area contributed by atoms with Crippen LogP contribution in [0.4, 0.5) is 11.4 Å². The summed E-state index contributed by atoms with van der Waals surface area (Å²) in [6.45, 7) is 4.90. The Morgan fingerprint density at radius 1 is 1.40 bits per heavy atom. The molecule has 0 radical (unpaired) electrons. The number of benzene rings is 1. The first kappa shape index (κ1) is 11.4. The molecule has 0 saturated carbocycles. The Kier molecular flexibility index (Phi) is 3.99. The van der Waals surface area contributed by atoms with Crippen LogP contribution >= 0.6 is 0 Å². The Hall–Kier alpha value is -1.69. The van der Waals surface area contributed by atoms with Gasteiger partial charge in [-0.05, 0) is 37.6 Å². The minimum Gasteiger partial charge on any atom is -0.399 e. The van der Waals surface area contributed by atoms with Crippen molar-refractivity contribution < 1.29 is 0 Å². The highest BCUT2D eigenvalue weighted by Gasteiger charge is 2.12. The zero-order chi connectivity index (χ0) is 11.3. The van der Waals surface area contributed by atoms with E-state index in [-0.39, 0.29) is 6.04 Å². The topological polar surface area (TPSA) is 53.0 Å². The molecule has 80 valence electrons. The molecule has 1 unspecified atom stereocenters. The van der Waals surface area contributed by atoms with Crippen LogP contribution in [0.1, 0.15) is 20.3 Å². The minimum atomic E-state index is -0.103. The third kappa shape index (κ3) is 2.88. The molecule has 0 fully saturated rings. The van der Waals surface area contributed by atoms with Crippen LogP contribution in [-0.2, 0) is 0 Å². The Balaban J connectivity index is 2.89. The van der Waals surface area contributed by atoms with Crippen LogP contribution in [0.5, 0.6) is 0 Å². The maximum atomic E-state index is 8.93. The van der Waals surface area contributed by atoms with E-state index < -0.39 is 0 Å². The maximum absolute atomic E-state index is 8.93. The zero-order valence-electron chi connectivity index (χ0n) is 9.27. The molecule has 15 heavy (non-hydrogen) atoms. The average molecular weight is 203 g/mol. The zero-order valence-corrected chi connectivity index (χ0v) is 9.27. The Labute approximate surface area is 91.1 Å². The molecule has 0 saturated heterocycles. The number of nitrogens with two attached hydrogens (primary N) is 1. The largest absolute Gasteiger partial charge is 0.399 e. The second kappa shape index (κ2) is 5.26. The van der Waals surface area contributed by atoms with E-state index in [4.69, 9.17) is 11.0 Å². The lowest BCUT2D eigenvalue weighted by molar-refractivity contribution is 0.722. The summed E-state index contributed by atoms with van der Waals surface area (Å²) in [6, 6.07) is 9.80. The molecule has 0 heterocycles. The second-order valence-corrected chi connectivity index (χ2v) is 3.59. The summed E-state index contributed by atoms with van der Waals surface area (Å²) in [5.74, 6) is 0. The molecule has 0 amide bonds. The van der Waals surface area contributed by atoms with E-state index in [0.29, 0.717) is 0 Å². The fourth-order valence-corrected chi connectivity index (χ4v) is 1.52. The van der Waals surface area contributed by atoms with E-state index in [9.17, 15) is 0 Å². The SMILES string of the molecule is CCCN(c1ccc(N)cc1)C(C)C#N. The van der Waals surface area contributed by atoms with Crippen molar-refractivity contribution in [3.63, 3.8) is 0 Å². The molecule has 3 nitrogen and oxygen atoms in total. The second-order valence-electron chi connectivity index (χ2n) is 3.59. The van der Waals surface area contributed by atoms with Gasteiger partial charge in [-0.3, -0.25) is 0 Å². The van der Waals surface area contributed by atoms with Gasteiger partial charge in [-0.15, -0.1) is 0 Å². The van der Waals surface area contributed by atoms with Crippen molar-refractivity contribution in [2.75, 3.05) is 17.2 Å². The molecular weight excluding hydrogens is 186 g/mol. The number of anilines is 2. The maximum Gasteiger partial charge on any atom is 0.114 e. The van der Waals surface area contributed by atoms with Gasteiger partial charge in [-0.25, -0.2) is 0 Å². The van der Waals surface area contributed by atoms with Crippen LogP contribution in [-0.4, -0.2) is 12.6 Å². The minimum absolute atomic E-state index is 0.103. The van der Waals surface area contributed by atoms with Crippen molar-refractivity contribution in [3.8, 4) is 6.07 Å². The van der Waals surface area contributed by atoms with E-state index in [0.717, 1.165) is 24.3 Å². The molecule has 3 heteroatoms. The highest BCUT2D eigenvalue weighted by atomic mass is 15.1. The first-order valence-corrected chi connectivity index (χ1v) is 5.20. The van der Waals surface area contributed by atoms with Gasteiger partial charge < -0.3 is 10.6 Å². The van der Waals surface area contributed by atoms with Gasteiger partial charge >= 0.3 is 0 Å². The van der Waals surface area contributed by atoms with Crippen molar-refractivity contribution >= 4 is 11.4 Å². The van der Waals surface area contributed by atoms with Crippen LogP contribution in [0.3, 0.4) is 0 Å². The standard InChI is InChI=1S/C12H17N3/c1-3-8-15(10(2)9-13)12-6-4-11(14)5-7-12/h4-7,10H,3,8,14H2,1-2H3. The molecular formula is C12H17N3. The lowest BCUT2D eigenvalue weighted by atomic mass is 10.2. The molecule has 0 bridgehead atoms. The van der Waals surface area contributed by atoms with Gasteiger partial charge in [0.2, 0.25) is 0 Å². The fraction of sp³-hybridized carbons (Fsp3) is 0.417. The summed E-state index contributed by atoms with van der Waals surface area (Å²) in [5.41, 5.74) is 7.43. The highest BCUT2D eigenvalue weighted by Crippen LogP contribution is 2.18. The summed E-state index contributed by atoms with van der Waals surface area (Å²) in [5, 5.41) is 8.93. The van der Waals surface area contributed by atoms with Gasteiger partial charge in [0.05, 0.1) is 6.07 Å². The van der Waals surface area contributed by atoms with E-state index in [1.807, 2.05) is 31.2 Å². The summed E-state index contributed by atoms with van der Waals surface area (Å²) in [7, 11) is 0. The van der Waals surface area contributed by atoms with Crippen LogP contribution in [0.25, 0.3) is 0 Å². The smallest absolute Gasteiger partial charge is 0.114 e. The lowest BCUT2D eigenvalue weighted by Crippen LogP contribution is -2.32. The van der Waals surface area contributed by atoms with Gasteiger partial charge in [0.25, 0.3) is 0 Å². The predicted octanol–water partition coefficient (Wildman–Crippen LogP) is 2.40. The number of rotatable bonds is 4. The van der Waals surface area contributed by atoms with Crippen LogP contribution in [0.2, 0.25) is 0 Å². The first-order valence-electron chi connectivity index (χ1n) is 5.20. The van der Waals surface area contributed by atoms with E-state index in [2.05, 4.69) is 17.9 Å². The number of nitrogens with zero attached hydrogens (tertiary/aromatic N) is 2. The Morgan fingerprint density at radius 3 is 2.47 bits per heavy atom. The molecule has 0 aliphatic heterocycles. The van der Waals surface area contributed by atoms with E-state index in [1.54, 1.807) is 0 Å². The van der Waals surface area contributed by atoms with Gasteiger partial charge in [0.15, 0.2) is 0 Å². The molecule has 1 rings (SSSR count). The fourth-order valence-electron chi connectivity index (χ4n) is 1.52. The van der Waals surface area contributed by atoms with E-state index in [1.165, 1.54) is 0 Å². The molecule has 1 aromatic rings. The number of nitrogen functional groups attached to an aromatic ring is 1. The highest BCUT2D eigenvalue weighted by molar-refractivity contribution is 5.54. The summed E-state index contributed by atoms with van der Waals surface area (Å²) in [4.78, 5) is 2.08. The monoisotopic (exact) mass is 203 g/mol. The van der Waals surface area contributed by atoms with Crippen LogP contribution in [0.15, 0.2) is 24.3 Å². The van der Waals surface area contributed by atoms with Crippen LogP contribution in [0, 0.1) is 11.3 Å². The van der Waals surface area contributed by atoms with Gasteiger partial charge in [0.1, 0.15) is 6.04 Å². The van der Waals surface area contributed by atoms with Crippen molar-refractivity contribution in [1.82, 2.24) is 0 Å².